The van der Waals surface area contributed by atoms with Crippen LogP contribution in [0.5, 0.6) is 0 Å². The number of Topliss-reactive ketones (excluding diaryl/α,β-unsaturated/α-hetero) is 1. The van der Waals surface area contributed by atoms with Crippen molar-refractivity contribution in [2.75, 3.05) is 0 Å². The molecule has 0 fully saturated rings. The molecule has 0 aromatic rings. The van der Waals surface area contributed by atoms with Crippen LogP contribution in [-0.4, -0.2) is 56.3 Å². The first-order chi connectivity index (χ1) is 20.5. The van der Waals surface area contributed by atoms with Crippen LogP contribution >= 0.6 is 0 Å². The summed E-state index contributed by atoms with van der Waals surface area (Å²) in [5.41, 5.74) is 5.00. The lowest BCUT2D eigenvalue weighted by atomic mass is 9.95. The summed E-state index contributed by atoms with van der Waals surface area (Å²) < 4.78 is 0. The Balaban J connectivity index is -0.000000104. The highest BCUT2D eigenvalue weighted by atomic mass is 16.4. The maximum Gasteiger partial charge on any atom is 0.306 e. The second-order valence-corrected chi connectivity index (χ2v) is 14.8. The Labute approximate surface area is 284 Å². The van der Waals surface area contributed by atoms with Gasteiger partial charge in [0.05, 0.1) is 24.0 Å². The summed E-state index contributed by atoms with van der Waals surface area (Å²) in [6, 6.07) is 0. The molecule has 0 unspecified atom stereocenters. The molecular formula is C37H79NO8. The van der Waals surface area contributed by atoms with Gasteiger partial charge in [-0.3, -0.25) is 19.2 Å². The highest BCUT2D eigenvalue weighted by molar-refractivity contribution is 5.78. The molecule has 0 heterocycles. The first-order valence-electron chi connectivity index (χ1n) is 17.1. The van der Waals surface area contributed by atoms with E-state index in [1.165, 1.54) is 0 Å². The Kier molecular flexibility index (Phi) is 40.3. The van der Waals surface area contributed by atoms with Crippen LogP contribution in [0.3, 0.4) is 0 Å². The Morgan fingerprint density at radius 2 is 0.674 bits per heavy atom. The molecule has 9 nitrogen and oxygen atoms in total. The van der Waals surface area contributed by atoms with Crippen molar-refractivity contribution < 1.29 is 39.6 Å². The number of aliphatic hydroxyl groups is 2. The van der Waals surface area contributed by atoms with E-state index in [4.69, 9.17) is 26.2 Å². The van der Waals surface area contributed by atoms with Crippen molar-refractivity contribution in [2.45, 2.75) is 157 Å². The van der Waals surface area contributed by atoms with Gasteiger partial charge in [-0.05, 0) is 69.1 Å². The zero-order valence-electron chi connectivity index (χ0n) is 33.3. The van der Waals surface area contributed by atoms with Crippen molar-refractivity contribution in [3.8, 4) is 0 Å². The summed E-state index contributed by atoms with van der Waals surface area (Å²) >= 11 is 0. The van der Waals surface area contributed by atoms with E-state index < -0.39 is 11.9 Å². The van der Waals surface area contributed by atoms with Gasteiger partial charge in [-0.15, -0.1) is 0 Å². The molecule has 6 atom stereocenters. The number of carbonyl (C=O) groups is 4. The van der Waals surface area contributed by atoms with Gasteiger partial charge in [0.2, 0.25) is 5.91 Å². The fourth-order valence-electron chi connectivity index (χ4n) is 2.73. The van der Waals surface area contributed by atoms with E-state index in [9.17, 15) is 19.2 Å². The second-order valence-electron chi connectivity index (χ2n) is 14.8. The number of carboxylic acid groups (broad SMARTS) is 2. The van der Waals surface area contributed by atoms with Gasteiger partial charge in [0.15, 0.2) is 0 Å². The third-order valence-electron chi connectivity index (χ3n) is 7.49. The zero-order valence-corrected chi connectivity index (χ0v) is 33.3. The van der Waals surface area contributed by atoms with Crippen molar-refractivity contribution >= 4 is 23.6 Å². The van der Waals surface area contributed by atoms with Gasteiger partial charge in [-0.1, -0.05) is 111 Å². The van der Waals surface area contributed by atoms with Gasteiger partial charge in [-0.25, -0.2) is 0 Å². The largest absolute Gasteiger partial charge is 0.481 e. The summed E-state index contributed by atoms with van der Waals surface area (Å²) in [6.07, 6.45) is 1.58. The van der Waals surface area contributed by atoms with Crippen LogP contribution in [0.25, 0.3) is 0 Å². The molecule has 0 spiro atoms. The first-order valence-corrected chi connectivity index (χ1v) is 17.1. The Morgan fingerprint density at radius 3 is 0.674 bits per heavy atom. The van der Waals surface area contributed by atoms with Crippen LogP contribution in [0, 0.1) is 59.2 Å². The number of rotatable bonds is 12. The van der Waals surface area contributed by atoms with Crippen LogP contribution in [0.2, 0.25) is 0 Å². The number of nitrogens with two attached hydrogens (primary N) is 1. The van der Waals surface area contributed by atoms with Crippen LogP contribution in [-0.2, 0) is 19.2 Å². The van der Waals surface area contributed by atoms with Crippen LogP contribution < -0.4 is 5.73 Å². The maximum absolute atomic E-state index is 10.6. The van der Waals surface area contributed by atoms with E-state index in [0.29, 0.717) is 29.5 Å². The number of amides is 1. The van der Waals surface area contributed by atoms with Crippen LogP contribution in [0.15, 0.2) is 0 Å². The van der Waals surface area contributed by atoms with Crippen molar-refractivity contribution in [3.63, 3.8) is 0 Å². The van der Waals surface area contributed by atoms with E-state index >= 15 is 0 Å². The average molecular weight is 666 g/mol. The minimum atomic E-state index is -0.708. The normalized spacial score (nSPS) is 14.3. The fraction of sp³-hybridized carbons (Fsp3) is 0.892. The fourth-order valence-corrected chi connectivity index (χ4v) is 2.73. The number of carbonyl (C=O) groups excluding carboxylic acids is 2. The molecular weight excluding hydrogens is 586 g/mol. The monoisotopic (exact) mass is 666 g/mol. The van der Waals surface area contributed by atoms with Crippen molar-refractivity contribution in [3.05, 3.63) is 0 Å². The molecule has 0 radical (unpaired) electrons. The van der Waals surface area contributed by atoms with E-state index in [1.807, 2.05) is 69.2 Å². The molecule has 6 N–H and O–H groups in total. The molecule has 280 valence electrons. The minimum Gasteiger partial charge on any atom is -0.481 e. The van der Waals surface area contributed by atoms with Crippen LogP contribution in [0.4, 0.5) is 0 Å². The lowest BCUT2D eigenvalue weighted by Gasteiger charge is -2.09. The molecule has 0 aliphatic rings. The number of hydrogen-bond donors (Lipinski definition) is 5. The minimum absolute atomic E-state index is 0.00926. The Hall–Kier alpha value is -2.00. The van der Waals surface area contributed by atoms with E-state index in [0.717, 1.165) is 12.8 Å². The molecule has 0 aromatic heterocycles. The SMILES string of the molecule is CC(=O)[C@@H](C)C(C)C.CC(C)C[C@@H](C)O.CC(C)C[C@H](C)O.CC(C)[C@@H](C)C(=O)O.CC(C)[C@@H](C)C(N)=O.CC(C)[C@H](C)C(=O)O. The topological polar surface area (TPSA) is 175 Å². The molecule has 9 heteroatoms. The maximum atomic E-state index is 10.6. The average Bonchev–Trinajstić information content (AvgIpc) is 2.86. The van der Waals surface area contributed by atoms with E-state index in [1.54, 1.807) is 20.8 Å². The van der Waals surface area contributed by atoms with Gasteiger partial charge in [0, 0.05) is 11.8 Å². The predicted octanol–water partition coefficient (Wildman–Crippen LogP) is 8.18. The third kappa shape index (κ3) is 48.9. The molecule has 0 rings (SSSR count). The summed E-state index contributed by atoms with van der Waals surface area (Å²) in [5.74, 6) is 1.08. The summed E-state index contributed by atoms with van der Waals surface area (Å²) in [7, 11) is 0. The number of ketones is 1. The van der Waals surface area contributed by atoms with Gasteiger partial charge in [0.25, 0.3) is 0 Å². The zero-order chi connectivity index (χ0) is 38.7. The molecule has 0 aromatic carbocycles. The van der Waals surface area contributed by atoms with Crippen molar-refractivity contribution in [1.82, 2.24) is 0 Å². The lowest BCUT2D eigenvalue weighted by molar-refractivity contribution is -0.143. The quantitative estimate of drug-likeness (QED) is 0.139. The molecule has 0 saturated heterocycles. The molecule has 46 heavy (non-hydrogen) atoms. The second kappa shape index (κ2) is 32.9. The smallest absolute Gasteiger partial charge is 0.306 e. The van der Waals surface area contributed by atoms with Gasteiger partial charge < -0.3 is 26.2 Å². The summed E-state index contributed by atoms with van der Waals surface area (Å²) in [5, 5.41) is 34.2. The van der Waals surface area contributed by atoms with E-state index in [-0.39, 0.29) is 53.6 Å². The Morgan fingerprint density at radius 1 is 0.457 bits per heavy atom. The molecule has 0 saturated carbocycles. The lowest BCUT2D eigenvalue weighted by Crippen LogP contribution is -2.24. The number of aliphatic hydroxyl groups excluding tert-OH is 2. The number of primary amides is 1. The highest BCUT2D eigenvalue weighted by Crippen LogP contribution is 2.10. The molecule has 0 aliphatic heterocycles. The molecule has 1 amide bonds. The number of hydrogen-bond acceptors (Lipinski definition) is 6. The standard InChI is InChI=1S/C7H14O.C6H13NO.2C6H12O2.2C6H14O/c1-5(2)6(3)7(4)8;3*1-4(2)5(3)6(7)8;2*1-5(2)4-6(3)7/h5-6H,1-4H3;4-5H,1-3H3,(H2,7,8);2*4-5H,1-3H3,(H,7,8);2*5-7H,4H2,1-3H3/t6-;3*5-;2*6-/m011010/s1. The summed E-state index contributed by atoms with van der Waals surface area (Å²) in [4.78, 5) is 41.2. The van der Waals surface area contributed by atoms with Crippen LogP contribution in [0.1, 0.15) is 144 Å². The van der Waals surface area contributed by atoms with Crippen molar-refractivity contribution in [2.24, 2.45) is 64.9 Å². The highest BCUT2D eigenvalue weighted by Gasteiger charge is 2.15. The van der Waals surface area contributed by atoms with E-state index in [2.05, 4.69) is 41.5 Å². The number of aliphatic carboxylic acids is 2. The van der Waals surface area contributed by atoms with Crippen molar-refractivity contribution in [1.29, 1.82) is 0 Å². The molecule has 0 aliphatic carbocycles. The van der Waals surface area contributed by atoms with Gasteiger partial charge in [0.1, 0.15) is 5.78 Å². The molecule has 0 bridgehead atoms. The first kappa shape index (κ1) is 56.3. The van der Waals surface area contributed by atoms with Gasteiger partial charge >= 0.3 is 11.9 Å². The number of carboxylic acids is 2. The third-order valence-corrected chi connectivity index (χ3v) is 7.49. The summed E-state index contributed by atoms with van der Waals surface area (Å²) in [6.45, 7) is 36.6. The van der Waals surface area contributed by atoms with Gasteiger partial charge in [-0.2, -0.15) is 0 Å². The Bertz CT molecular complexity index is 622. The predicted molar refractivity (Wildman–Crippen MR) is 193 cm³/mol.